The minimum Gasteiger partial charge on any atom is -0.296 e. The number of carbonyl (C=O) groups excluding carboxylic acids is 1. The Balaban J connectivity index is 2.28. The van der Waals surface area contributed by atoms with Crippen molar-refractivity contribution in [3.05, 3.63) is 47.1 Å². The van der Waals surface area contributed by atoms with Crippen molar-refractivity contribution in [3.8, 4) is 16.4 Å². The Kier molecular flexibility index (Phi) is 2.92. The minimum absolute atomic E-state index is 0.324. The predicted molar refractivity (Wildman–Crippen MR) is 72.6 cm³/mol. The molecular formula is C13H10N4OS. The Bertz CT molecular complexity index is 718. The van der Waals surface area contributed by atoms with Gasteiger partial charge in [0.15, 0.2) is 12.0 Å². The molecule has 3 aromatic rings. The van der Waals surface area contributed by atoms with E-state index in [0.717, 1.165) is 17.4 Å². The van der Waals surface area contributed by atoms with Crippen LogP contribution in [0.5, 0.6) is 0 Å². The molecule has 0 aliphatic heterocycles. The summed E-state index contributed by atoms with van der Waals surface area (Å²) < 4.78 is 1.61. The Labute approximate surface area is 113 Å². The molecule has 2 heterocycles. The van der Waals surface area contributed by atoms with Gasteiger partial charge in [0.1, 0.15) is 5.69 Å². The van der Waals surface area contributed by atoms with Crippen LogP contribution in [0.3, 0.4) is 0 Å². The average Bonchev–Trinajstić information content (AvgIpc) is 3.07. The van der Waals surface area contributed by atoms with Crippen molar-refractivity contribution in [2.45, 2.75) is 6.92 Å². The third-order valence-electron chi connectivity index (χ3n) is 2.81. The monoisotopic (exact) mass is 270 g/mol. The van der Waals surface area contributed by atoms with Gasteiger partial charge in [-0.3, -0.25) is 4.79 Å². The highest BCUT2D eigenvalue weighted by Crippen LogP contribution is 2.27. The fourth-order valence-corrected chi connectivity index (χ4v) is 2.51. The predicted octanol–water partition coefficient (Wildman–Crippen LogP) is 2.51. The number of benzene rings is 1. The molecule has 0 N–H and O–H groups in total. The number of aromatic nitrogens is 4. The van der Waals surface area contributed by atoms with E-state index in [-0.39, 0.29) is 0 Å². The zero-order chi connectivity index (χ0) is 13.2. The van der Waals surface area contributed by atoms with E-state index in [1.807, 2.05) is 36.6 Å². The van der Waals surface area contributed by atoms with Gasteiger partial charge in [0.2, 0.25) is 5.13 Å². The maximum atomic E-state index is 11.2. The minimum atomic E-state index is 0.324. The number of carbonyl (C=O) groups is 1. The fourth-order valence-electron chi connectivity index (χ4n) is 1.92. The summed E-state index contributed by atoms with van der Waals surface area (Å²) in [6.07, 6.45) is 2.42. The molecule has 6 heteroatoms. The van der Waals surface area contributed by atoms with Gasteiger partial charge >= 0.3 is 0 Å². The van der Waals surface area contributed by atoms with Gasteiger partial charge in [-0.1, -0.05) is 29.5 Å². The van der Waals surface area contributed by atoms with Crippen LogP contribution in [-0.4, -0.2) is 26.3 Å². The van der Waals surface area contributed by atoms with Crippen molar-refractivity contribution in [3.63, 3.8) is 0 Å². The maximum Gasteiger partial charge on any atom is 0.212 e. The molecule has 2 aromatic heterocycles. The number of thiazole rings is 1. The molecule has 0 atom stereocenters. The van der Waals surface area contributed by atoms with Crippen molar-refractivity contribution >= 4 is 17.6 Å². The molecule has 0 amide bonds. The number of hydrogen-bond acceptors (Lipinski definition) is 5. The van der Waals surface area contributed by atoms with Gasteiger partial charge in [-0.25, -0.2) is 4.98 Å². The van der Waals surface area contributed by atoms with Crippen molar-refractivity contribution in [1.82, 2.24) is 20.0 Å². The molecule has 1 aromatic carbocycles. The first-order chi connectivity index (χ1) is 9.31. The normalized spacial score (nSPS) is 10.6. The van der Waals surface area contributed by atoms with E-state index in [4.69, 9.17) is 0 Å². The summed E-state index contributed by atoms with van der Waals surface area (Å²) in [5.41, 5.74) is 3.00. The smallest absolute Gasteiger partial charge is 0.212 e. The molecule has 0 unspecified atom stereocenters. The summed E-state index contributed by atoms with van der Waals surface area (Å²) in [7, 11) is 0. The van der Waals surface area contributed by atoms with E-state index in [2.05, 4.69) is 15.3 Å². The Morgan fingerprint density at radius 3 is 2.84 bits per heavy atom. The highest BCUT2D eigenvalue weighted by atomic mass is 32.1. The van der Waals surface area contributed by atoms with Crippen molar-refractivity contribution < 1.29 is 4.79 Å². The zero-order valence-electron chi connectivity index (χ0n) is 10.1. The number of nitrogens with zero attached hydrogens (tertiary/aromatic N) is 4. The lowest BCUT2D eigenvalue weighted by molar-refractivity contribution is 0.111. The first-order valence-corrected chi connectivity index (χ1v) is 6.56. The molecule has 19 heavy (non-hydrogen) atoms. The zero-order valence-corrected chi connectivity index (χ0v) is 11.0. The number of aryl methyl sites for hydroxylation is 1. The second-order valence-corrected chi connectivity index (χ2v) is 4.86. The van der Waals surface area contributed by atoms with Crippen molar-refractivity contribution in [2.75, 3.05) is 0 Å². The third kappa shape index (κ3) is 1.96. The van der Waals surface area contributed by atoms with Crippen molar-refractivity contribution in [2.24, 2.45) is 0 Å². The molecule has 3 rings (SSSR count). The number of aldehydes is 1. The van der Waals surface area contributed by atoms with Gasteiger partial charge in [0.25, 0.3) is 0 Å². The molecule has 0 spiro atoms. The lowest BCUT2D eigenvalue weighted by atomic mass is 10.0. The van der Waals surface area contributed by atoms with E-state index in [1.54, 1.807) is 10.9 Å². The van der Waals surface area contributed by atoms with Gasteiger partial charge in [-0.2, -0.15) is 4.68 Å². The summed E-state index contributed by atoms with van der Waals surface area (Å²) in [6.45, 7) is 1.99. The van der Waals surface area contributed by atoms with Gasteiger partial charge < -0.3 is 0 Å². The summed E-state index contributed by atoms with van der Waals surface area (Å²) in [6, 6.07) is 7.82. The highest BCUT2D eigenvalue weighted by molar-refractivity contribution is 7.12. The van der Waals surface area contributed by atoms with Gasteiger partial charge in [-0.05, 0) is 12.5 Å². The van der Waals surface area contributed by atoms with Gasteiger partial charge in [-0.15, -0.1) is 16.4 Å². The molecular weight excluding hydrogens is 260 g/mol. The molecule has 0 radical (unpaired) electrons. The van der Waals surface area contributed by atoms with Gasteiger partial charge in [0, 0.05) is 17.1 Å². The lowest BCUT2D eigenvalue weighted by Gasteiger charge is -2.06. The summed E-state index contributed by atoms with van der Waals surface area (Å²) in [5.74, 6) is 0. The largest absolute Gasteiger partial charge is 0.296 e. The van der Waals surface area contributed by atoms with Gasteiger partial charge in [0.05, 0.1) is 0 Å². The highest BCUT2D eigenvalue weighted by Gasteiger charge is 2.18. The third-order valence-corrected chi connectivity index (χ3v) is 3.56. The summed E-state index contributed by atoms with van der Waals surface area (Å²) in [4.78, 5) is 15.4. The molecule has 0 bridgehead atoms. The van der Waals surface area contributed by atoms with Crippen LogP contribution in [0.15, 0.2) is 35.8 Å². The quantitative estimate of drug-likeness (QED) is 0.686. The summed E-state index contributed by atoms with van der Waals surface area (Å²) >= 11 is 1.45. The van der Waals surface area contributed by atoms with Crippen LogP contribution in [0.1, 0.15) is 16.1 Å². The second kappa shape index (κ2) is 4.74. The first kappa shape index (κ1) is 11.7. The molecule has 0 aliphatic carbocycles. The van der Waals surface area contributed by atoms with Crippen LogP contribution >= 0.6 is 11.3 Å². The van der Waals surface area contributed by atoms with E-state index < -0.39 is 0 Å². The van der Waals surface area contributed by atoms with Crippen LogP contribution in [-0.2, 0) is 0 Å². The van der Waals surface area contributed by atoms with Crippen LogP contribution in [0, 0.1) is 6.92 Å². The topological polar surface area (TPSA) is 60.7 Å². The molecule has 0 saturated heterocycles. The molecule has 94 valence electrons. The van der Waals surface area contributed by atoms with Crippen LogP contribution < -0.4 is 0 Å². The first-order valence-electron chi connectivity index (χ1n) is 5.68. The average molecular weight is 270 g/mol. The van der Waals surface area contributed by atoms with E-state index in [9.17, 15) is 4.79 Å². The summed E-state index contributed by atoms with van der Waals surface area (Å²) in [5, 5.41) is 10.5. The molecule has 0 aliphatic rings. The van der Waals surface area contributed by atoms with Crippen molar-refractivity contribution in [1.29, 1.82) is 0 Å². The molecule has 5 nitrogen and oxygen atoms in total. The Hall–Kier alpha value is -2.34. The Morgan fingerprint density at radius 2 is 2.16 bits per heavy atom. The van der Waals surface area contributed by atoms with E-state index in [0.29, 0.717) is 16.5 Å². The second-order valence-electron chi connectivity index (χ2n) is 3.98. The standard InChI is InChI=1S/C13H10N4OS/c1-9-4-2-3-5-10(9)12-11(8-18)15-16-17(12)13-14-6-7-19-13/h2-8H,1H3. The van der Waals surface area contributed by atoms with Crippen LogP contribution in [0.25, 0.3) is 16.4 Å². The SMILES string of the molecule is Cc1ccccc1-c1c(C=O)nnn1-c1nccs1. The number of rotatable bonds is 3. The van der Waals surface area contributed by atoms with Crippen LogP contribution in [0.2, 0.25) is 0 Å². The maximum absolute atomic E-state index is 11.2. The molecule has 0 saturated carbocycles. The van der Waals surface area contributed by atoms with Crippen LogP contribution in [0.4, 0.5) is 0 Å². The van der Waals surface area contributed by atoms with E-state index >= 15 is 0 Å². The van der Waals surface area contributed by atoms with E-state index in [1.165, 1.54) is 11.3 Å². The lowest BCUT2D eigenvalue weighted by Crippen LogP contribution is -2.00. The fraction of sp³-hybridized carbons (Fsp3) is 0.0769. The number of hydrogen-bond donors (Lipinski definition) is 0. The molecule has 0 fully saturated rings. The Morgan fingerprint density at radius 1 is 1.32 bits per heavy atom.